The van der Waals surface area contributed by atoms with Crippen molar-refractivity contribution in [1.82, 2.24) is 0 Å². The van der Waals surface area contributed by atoms with E-state index in [1.165, 1.54) is 5.19 Å². The van der Waals surface area contributed by atoms with E-state index in [-0.39, 0.29) is 18.3 Å². The summed E-state index contributed by atoms with van der Waals surface area (Å²) in [6.45, 7) is 18.0. The van der Waals surface area contributed by atoms with Gasteiger partial charge in [-0.2, -0.15) is 0 Å². The number of hydrogen-bond donors (Lipinski definition) is 0. The predicted octanol–water partition coefficient (Wildman–Crippen LogP) is 2.93. The summed E-state index contributed by atoms with van der Waals surface area (Å²) < 4.78 is 18.1. The van der Waals surface area contributed by atoms with Crippen LogP contribution in [0.1, 0.15) is 34.6 Å². The first kappa shape index (κ1) is 17.6. The molecule has 0 spiro atoms. The highest BCUT2D eigenvalue weighted by Gasteiger charge is 2.51. The highest BCUT2D eigenvalue weighted by molar-refractivity contribution is 6.89. The first-order chi connectivity index (χ1) is 9.96. The minimum absolute atomic E-state index is 0.321. The summed E-state index contributed by atoms with van der Waals surface area (Å²) in [7, 11) is -1.77. The summed E-state index contributed by atoms with van der Waals surface area (Å²) in [5.41, 5.74) is 0.416. The molecule has 0 aromatic heterocycles. The van der Waals surface area contributed by atoms with Gasteiger partial charge in [0.25, 0.3) is 0 Å². The Kier molecular flexibility index (Phi) is 4.55. The molecule has 0 atom stereocenters. The number of rotatable bonds is 4. The van der Waals surface area contributed by atoms with E-state index in [2.05, 4.69) is 65.5 Å². The number of ether oxygens (including phenoxy) is 1. The van der Waals surface area contributed by atoms with Gasteiger partial charge in [-0.15, -0.1) is 0 Å². The van der Waals surface area contributed by atoms with Crippen LogP contribution < -0.4 is 15.4 Å². The summed E-state index contributed by atoms with van der Waals surface area (Å²) in [5.74, 6) is 0.909. The third-order valence-electron chi connectivity index (χ3n) is 4.63. The Labute approximate surface area is 136 Å². The van der Waals surface area contributed by atoms with E-state index in [1.54, 1.807) is 0 Å². The minimum Gasteiger partial charge on any atom is -0.494 e. The molecule has 5 heteroatoms. The van der Waals surface area contributed by atoms with E-state index in [0.29, 0.717) is 6.61 Å². The molecule has 1 saturated heterocycles. The molecule has 0 aliphatic carbocycles. The van der Waals surface area contributed by atoms with Crippen molar-refractivity contribution >= 4 is 25.8 Å². The van der Waals surface area contributed by atoms with E-state index >= 15 is 0 Å². The fourth-order valence-electron chi connectivity index (χ4n) is 2.42. The van der Waals surface area contributed by atoms with Crippen molar-refractivity contribution in [2.45, 2.75) is 65.5 Å². The van der Waals surface area contributed by atoms with Gasteiger partial charge in [-0.3, -0.25) is 0 Å². The molecule has 1 aromatic carbocycles. The van der Waals surface area contributed by atoms with E-state index < -0.39 is 8.07 Å². The summed E-state index contributed by atoms with van der Waals surface area (Å²) in [4.78, 5) is 0. The van der Waals surface area contributed by atoms with Crippen LogP contribution >= 0.6 is 0 Å². The lowest BCUT2D eigenvalue weighted by atomic mass is 9.79. The number of hydrogen-bond acceptors (Lipinski definition) is 3. The smallest absolute Gasteiger partial charge is 0.494 e. The molecular formula is C17H29BO3Si. The molecule has 1 fully saturated rings. The monoisotopic (exact) mass is 320 g/mol. The van der Waals surface area contributed by atoms with Crippen molar-refractivity contribution in [3.63, 3.8) is 0 Å². The first-order valence-corrected chi connectivity index (χ1v) is 11.6. The van der Waals surface area contributed by atoms with Gasteiger partial charge >= 0.3 is 7.12 Å². The van der Waals surface area contributed by atoms with Gasteiger partial charge in [-0.25, -0.2) is 0 Å². The zero-order chi connectivity index (χ0) is 16.8. The molecule has 1 aliphatic rings. The molecule has 0 N–H and O–H groups in total. The second-order valence-corrected chi connectivity index (χ2v) is 13.1. The molecule has 22 heavy (non-hydrogen) atoms. The Morgan fingerprint density at radius 3 is 2.00 bits per heavy atom. The molecule has 1 aromatic rings. The lowest BCUT2D eigenvalue weighted by molar-refractivity contribution is 0.00578. The maximum absolute atomic E-state index is 6.19. The quantitative estimate of drug-likeness (QED) is 0.799. The van der Waals surface area contributed by atoms with Crippen molar-refractivity contribution in [3.05, 3.63) is 18.2 Å². The highest BCUT2D eigenvalue weighted by Crippen LogP contribution is 2.36. The summed E-state index contributed by atoms with van der Waals surface area (Å²) >= 11 is 0. The fourth-order valence-corrected chi connectivity index (χ4v) is 3.60. The molecule has 1 heterocycles. The van der Waals surface area contributed by atoms with Crippen LogP contribution in [0.3, 0.4) is 0 Å². The van der Waals surface area contributed by atoms with Crippen molar-refractivity contribution in [2.24, 2.45) is 0 Å². The van der Waals surface area contributed by atoms with Crippen LogP contribution in [0.15, 0.2) is 18.2 Å². The van der Waals surface area contributed by atoms with Gasteiger partial charge in [0.1, 0.15) is 5.75 Å². The van der Waals surface area contributed by atoms with Gasteiger partial charge in [-0.05, 0) is 52.2 Å². The van der Waals surface area contributed by atoms with Gasteiger partial charge in [0.2, 0.25) is 0 Å². The SMILES string of the molecule is CCOc1cc(B2OC(C)(C)C(C)(C)O2)cc([Si](C)(C)C)c1. The zero-order valence-electron chi connectivity index (χ0n) is 15.2. The van der Waals surface area contributed by atoms with E-state index in [9.17, 15) is 0 Å². The molecule has 3 nitrogen and oxygen atoms in total. The largest absolute Gasteiger partial charge is 0.494 e. The van der Waals surface area contributed by atoms with Crippen LogP contribution in [0.25, 0.3) is 0 Å². The maximum Gasteiger partial charge on any atom is 0.494 e. The Hall–Kier alpha value is -0.778. The van der Waals surface area contributed by atoms with Crippen molar-refractivity contribution in [3.8, 4) is 5.75 Å². The van der Waals surface area contributed by atoms with Crippen molar-refractivity contribution < 1.29 is 14.0 Å². The zero-order valence-corrected chi connectivity index (χ0v) is 16.2. The van der Waals surface area contributed by atoms with Gasteiger partial charge in [0.15, 0.2) is 0 Å². The molecule has 2 rings (SSSR count). The van der Waals surface area contributed by atoms with Crippen molar-refractivity contribution in [2.75, 3.05) is 6.61 Å². The molecule has 0 bridgehead atoms. The normalized spacial score (nSPS) is 20.3. The average molecular weight is 320 g/mol. The molecule has 1 aliphatic heterocycles. The molecule has 0 saturated carbocycles. The Morgan fingerprint density at radius 2 is 1.55 bits per heavy atom. The summed E-state index contributed by atoms with van der Waals surface area (Å²) in [6, 6.07) is 6.45. The molecule has 0 amide bonds. The van der Waals surface area contributed by atoms with E-state index in [4.69, 9.17) is 14.0 Å². The molecule has 0 unspecified atom stereocenters. The van der Waals surface area contributed by atoms with Crippen molar-refractivity contribution in [1.29, 1.82) is 0 Å². The first-order valence-electron chi connectivity index (χ1n) is 8.10. The fraction of sp³-hybridized carbons (Fsp3) is 0.647. The Bertz CT molecular complexity index is 533. The highest BCUT2D eigenvalue weighted by atomic mass is 28.3. The minimum atomic E-state index is -1.44. The van der Waals surface area contributed by atoms with Crippen LogP contribution in [0, 0.1) is 0 Å². The van der Waals surface area contributed by atoms with E-state index in [1.807, 2.05) is 6.92 Å². The second kappa shape index (κ2) is 5.69. The van der Waals surface area contributed by atoms with Crippen LogP contribution in [0.2, 0.25) is 19.6 Å². The average Bonchev–Trinajstić information content (AvgIpc) is 2.57. The molecular weight excluding hydrogens is 291 g/mol. The predicted molar refractivity (Wildman–Crippen MR) is 96.3 cm³/mol. The van der Waals surface area contributed by atoms with Gasteiger partial charge < -0.3 is 14.0 Å². The Balaban J connectivity index is 2.41. The van der Waals surface area contributed by atoms with Crippen LogP contribution in [0.4, 0.5) is 0 Å². The van der Waals surface area contributed by atoms with Crippen LogP contribution in [0.5, 0.6) is 5.75 Å². The third kappa shape index (κ3) is 3.42. The third-order valence-corrected chi connectivity index (χ3v) is 6.65. The Morgan fingerprint density at radius 1 is 1.00 bits per heavy atom. The van der Waals surface area contributed by atoms with Gasteiger partial charge in [0, 0.05) is 0 Å². The lowest BCUT2D eigenvalue weighted by Crippen LogP contribution is -2.43. The van der Waals surface area contributed by atoms with E-state index in [0.717, 1.165) is 11.2 Å². The van der Waals surface area contributed by atoms with Crippen LogP contribution in [-0.4, -0.2) is 33.0 Å². The van der Waals surface area contributed by atoms with Gasteiger partial charge in [-0.1, -0.05) is 30.9 Å². The summed E-state index contributed by atoms with van der Waals surface area (Å²) in [5, 5.41) is 1.36. The van der Waals surface area contributed by atoms with Gasteiger partial charge in [0.05, 0.1) is 25.9 Å². The molecule has 0 radical (unpaired) electrons. The molecule has 122 valence electrons. The second-order valence-electron chi connectivity index (χ2n) is 8.06. The summed E-state index contributed by atoms with van der Waals surface area (Å²) in [6.07, 6.45) is 0. The topological polar surface area (TPSA) is 27.7 Å². The maximum atomic E-state index is 6.19. The lowest BCUT2D eigenvalue weighted by Gasteiger charge is -2.32. The standard InChI is InChI=1S/C17H29BO3Si/c1-9-19-14-10-13(11-15(12-14)22(6,7)8)18-20-16(2,3)17(4,5)21-18/h10-12H,9H2,1-8H3. The van der Waals surface area contributed by atoms with Crippen LogP contribution in [-0.2, 0) is 9.31 Å². The number of benzene rings is 1.